The lowest BCUT2D eigenvalue weighted by Crippen LogP contribution is -2.29. The van der Waals surface area contributed by atoms with Crippen molar-refractivity contribution in [2.45, 2.75) is 39.0 Å². The molecule has 0 N–H and O–H groups in total. The maximum absolute atomic E-state index is 11.8. The van der Waals surface area contributed by atoms with Gasteiger partial charge in [-0.3, -0.25) is 4.79 Å². The van der Waals surface area contributed by atoms with Crippen LogP contribution in [0.3, 0.4) is 0 Å². The highest BCUT2D eigenvalue weighted by molar-refractivity contribution is 5.88. The van der Waals surface area contributed by atoms with Crippen molar-refractivity contribution in [1.29, 1.82) is 5.26 Å². The van der Waals surface area contributed by atoms with E-state index in [0.29, 0.717) is 6.54 Å². The number of hydrogen-bond acceptors (Lipinski definition) is 2. The molecule has 16 heavy (non-hydrogen) atoms. The molecule has 0 spiro atoms. The lowest BCUT2D eigenvalue weighted by atomic mass is 9.94. The Balaban J connectivity index is 2.47. The molecule has 0 heterocycles. The highest BCUT2D eigenvalue weighted by Crippen LogP contribution is 2.22. The molecule has 1 amide bonds. The maximum atomic E-state index is 11.8. The Morgan fingerprint density at radius 2 is 2.12 bits per heavy atom. The van der Waals surface area contributed by atoms with Crippen LogP contribution in [0.1, 0.15) is 39.0 Å². The molecule has 3 heteroatoms. The van der Waals surface area contributed by atoms with E-state index in [9.17, 15) is 4.79 Å². The van der Waals surface area contributed by atoms with Crippen LogP contribution in [-0.2, 0) is 4.79 Å². The summed E-state index contributed by atoms with van der Waals surface area (Å²) in [5.41, 5.74) is 1.27. The van der Waals surface area contributed by atoms with Crippen LogP contribution in [-0.4, -0.2) is 24.4 Å². The van der Waals surface area contributed by atoms with Crippen LogP contribution >= 0.6 is 0 Å². The van der Waals surface area contributed by atoms with E-state index in [2.05, 4.69) is 6.07 Å². The van der Waals surface area contributed by atoms with Crippen molar-refractivity contribution in [2.75, 3.05) is 13.6 Å². The normalized spacial score (nSPS) is 17.4. The zero-order valence-corrected chi connectivity index (χ0v) is 10.2. The van der Waals surface area contributed by atoms with E-state index < -0.39 is 0 Å². The minimum atomic E-state index is -0.0984. The summed E-state index contributed by atoms with van der Waals surface area (Å²) in [6, 6.07) is 2.14. The second-order valence-electron chi connectivity index (χ2n) is 4.61. The van der Waals surface area contributed by atoms with Crippen molar-refractivity contribution in [3.8, 4) is 6.07 Å². The highest BCUT2D eigenvalue weighted by atomic mass is 16.2. The Bertz CT molecular complexity index is 306. The van der Waals surface area contributed by atoms with Crippen molar-refractivity contribution in [3.05, 3.63) is 11.6 Å². The molecule has 1 aliphatic rings. The third kappa shape index (κ3) is 4.06. The third-order valence-electron chi connectivity index (χ3n) is 2.97. The summed E-state index contributed by atoms with van der Waals surface area (Å²) in [5, 5.41) is 8.68. The number of rotatable bonds is 3. The van der Waals surface area contributed by atoms with Crippen LogP contribution in [0.5, 0.6) is 0 Å². The van der Waals surface area contributed by atoms with E-state index in [4.69, 9.17) is 5.26 Å². The predicted molar refractivity (Wildman–Crippen MR) is 63.6 cm³/mol. The number of nitrogens with zero attached hydrogens (tertiary/aromatic N) is 2. The minimum absolute atomic E-state index is 0.0407. The van der Waals surface area contributed by atoms with E-state index in [-0.39, 0.29) is 11.8 Å². The largest absolute Gasteiger partial charge is 0.341 e. The summed E-state index contributed by atoms with van der Waals surface area (Å²) in [6.07, 6.45) is 7.59. The second kappa shape index (κ2) is 6.32. The number of hydrogen-bond donors (Lipinski definition) is 0. The molecule has 0 radical (unpaired) electrons. The molecule has 0 bridgehead atoms. The van der Waals surface area contributed by atoms with Gasteiger partial charge in [0.25, 0.3) is 0 Å². The summed E-state index contributed by atoms with van der Waals surface area (Å²) in [7, 11) is 1.76. The summed E-state index contributed by atoms with van der Waals surface area (Å²) in [6.45, 7) is 2.34. The zero-order chi connectivity index (χ0) is 12.0. The standard InChI is InChI=1S/C13H20N2O/c1-11(9-14)10-15(2)13(16)8-12-6-4-3-5-7-12/h8,11H,3-7,10H2,1-2H3/t11-/m0/s1. The van der Waals surface area contributed by atoms with Crippen LogP contribution in [0, 0.1) is 17.2 Å². The van der Waals surface area contributed by atoms with Gasteiger partial charge >= 0.3 is 0 Å². The summed E-state index contributed by atoms with van der Waals surface area (Å²) >= 11 is 0. The molecule has 0 aromatic carbocycles. The molecule has 0 aromatic rings. The first-order valence-corrected chi connectivity index (χ1v) is 5.97. The number of nitriles is 1. The molecule has 1 fully saturated rings. The van der Waals surface area contributed by atoms with Crippen molar-refractivity contribution in [3.63, 3.8) is 0 Å². The van der Waals surface area contributed by atoms with Crippen LogP contribution in [0.15, 0.2) is 11.6 Å². The summed E-state index contributed by atoms with van der Waals surface area (Å²) < 4.78 is 0. The minimum Gasteiger partial charge on any atom is -0.341 e. The van der Waals surface area contributed by atoms with Crippen molar-refractivity contribution >= 4 is 5.91 Å². The Morgan fingerprint density at radius 1 is 1.50 bits per heavy atom. The average Bonchev–Trinajstić information content (AvgIpc) is 2.30. The number of carbonyl (C=O) groups excluding carboxylic acids is 1. The molecule has 0 saturated heterocycles. The molecule has 1 aliphatic carbocycles. The molecule has 3 nitrogen and oxygen atoms in total. The second-order valence-corrected chi connectivity index (χ2v) is 4.61. The number of likely N-dealkylation sites (N-methyl/N-ethyl adjacent to an activating group) is 1. The fraction of sp³-hybridized carbons (Fsp3) is 0.692. The molecule has 1 atom stereocenters. The van der Waals surface area contributed by atoms with E-state index in [0.717, 1.165) is 12.8 Å². The number of allylic oxidation sites excluding steroid dienone is 1. The van der Waals surface area contributed by atoms with Gasteiger partial charge in [-0.15, -0.1) is 0 Å². The van der Waals surface area contributed by atoms with Gasteiger partial charge in [0.15, 0.2) is 0 Å². The lowest BCUT2D eigenvalue weighted by molar-refractivity contribution is -0.125. The molecular formula is C13H20N2O. The Morgan fingerprint density at radius 3 is 2.69 bits per heavy atom. The Kier molecular flexibility index (Phi) is 5.04. The average molecular weight is 220 g/mol. The van der Waals surface area contributed by atoms with Crippen LogP contribution < -0.4 is 0 Å². The van der Waals surface area contributed by atoms with E-state index in [1.807, 2.05) is 6.92 Å². The fourth-order valence-electron chi connectivity index (χ4n) is 1.98. The highest BCUT2D eigenvalue weighted by Gasteiger charge is 2.12. The number of amides is 1. The van der Waals surface area contributed by atoms with Gasteiger partial charge in [-0.2, -0.15) is 5.26 Å². The van der Waals surface area contributed by atoms with Crippen LogP contribution in [0.4, 0.5) is 0 Å². The van der Waals surface area contributed by atoms with Crippen molar-refractivity contribution < 1.29 is 4.79 Å². The molecule has 1 saturated carbocycles. The SMILES string of the molecule is C[C@@H](C#N)CN(C)C(=O)C=C1CCCCC1. The zero-order valence-electron chi connectivity index (χ0n) is 10.2. The first-order chi connectivity index (χ1) is 7.63. The van der Waals surface area contributed by atoms with Gasteiger partial charge in [0.2, 0.25) is 5.91 Å². The van der Waals surface area contributed by atoms with Gasteiger partial charge in [0.1, 0.15) is 0 Å². The van der Waals surface area contributed by atoms with E-state index in [1.165, 1.54) is 24.8 Å². The van der Waals surface area contributed by atoms with E-state index >= 15 is 0 Å². The van der Waals surface area contributed by atoms with Gasteiger partial charge in [0.05, 0.1) is 12.0 Å². The van der Waals surface area contributed by atoms with Gasteiger partial charge in [0, 0.05) is 19.7 Å². The van der Waals surface area contributed by atoms with Gasteiger partial charge in [-0.25, -0.2) is 0 Å². The first kappa shape index (κ1) is 12.8. The predicted octanol–water partition coefficient (Wildman–Crippen LogP) is 2.49. The molecule has 1 rings (SSSR count). The molecule has 0 unspecified atom stereocenters. The van der Waals surface area contributed by atoms with Crippen LogP contribution in [0.2, 0.25) is 0 Å². The monoisotopic (exact) mass is 220 g/mol. The van der Waals surface area contributed by atoms with Crippen molar-refractivity contribution in [1.82, 2.24) is 4.90 Å². The molecule has 88 valence electrons. The van der Waals surface area contributed by atoms with Crippen molar-refractivity contribution in [2.24, 2.45) is 5.92 Å². The van der Waals surface area contributed by atoms with E-state index in [1.54, 1.807) is 18.0 Å². The first-order valence-electron chi connectivity index (χ1n) is 5.97. The Labute approximate surface area is 97.7 Å². The third-order valence-corrected chi connectivity index (χ3v) is 2.97. The smallest absolute Gasteiger partial charge is 0.246 e. The molecular weight excluding hydrogens is 200 g/mol. The molecule has 0 aromatic heterocycles. The van der Waals surface area contributed by atoms with Gasteiger partial charge < -0.3 is 4.90 Å². The summed E-state index contributed by atoms with van der Waals surface area (Å²) in [5.74, 6) is -0.0577. The topological polar surface area (TPSA) is 44.1 Å². The number of carbonyl (C=O) groups is 1. The van der Waals surface area contributed by atoms with Gasteiger partial charge in [-0.1, -0.05) is 12.0 Å². The quantitative estimate of drug-likeness (QED) is 0.686. The van der Waals surface area contributed by atoms with Crippen LogP contribution in [0.25, 0.3) is 0 Å². The fourth-order valence-corrected chi connectivity index (χ4v) is 1.98. The van der Waals surface area contributed by atoms with Gasteiger partial charge in [-0.05, 0) is 32.6 Å². The summed E-state index contributed by atoms with van der Waals surface area (Å²) in [4.78, 5) is 13.4. The Hall–Kier alpha value is -1.30. The maximum Gasteiger partial charge on any atom is 0.246 e. The molecule has 0 aliphatic heterocycles. The lowest BCUT2D eigenvalue weighted by Gasteiger charge is -2.18.